The third-order valence-electron chi connectivity index (χ3n) is 3.94. The van der Waals surface area contributed by atoms with Crippen molar-refractivity contribution >= 4 is 34.6 Å². The first-order valence-electron chi connectivity index (χ1n) is 7.32. The van der Waals surface area contributed by atoms with E-state index in [0.29, 0.717) is 6.54 Å². The average Bonchev–Trinajstić information content (AvgIpc) is 2.48. The van der Waals surface area contributed by atoms with E-state index in [4.69, 9.17) is 28.2 Å². The van der Waals surface area contributed by atoms with E-state index in [-0.39, 0.29) is 5.38 Å². The summed E-state index contributed by atoms with van der Waals surface area (Å²) in [6.07, 6.45) is 0. The maximum atomic E-state index is 6.40. The quantitative estimate of drug-likeness (QED) is 0.700. The molecule has 1 aliphatic heterocycles. The molecule has 0 saturated carbocycles. The van der Waals surface area contributed by atoms with E-state index in [1.807, 2.05) is 30.3 Å². The molecule has 0 radical (unpaired) electrons. The van der Waals surface area contributed by atoms with Crippen LogP contribution in [0.2, 0.25) is 5.02 Å². The van der Waals surface area contributed by atoms with Gasteiger partial charge in [-0.15, -0.1) is 11.6 Å². The molecule has 0 spiro atoms. The summed E-state index contributed by atoms with van der Waals surface area (Å²) in [5.74, 6) is 0. The molecule has 22 heavy (non-hydrogen) atoms. The number of nitrogens with zero attached hydrogens (tertiary/aromatic N) is 2. The van der Waals surface area contributed by atoms with Crippen molar-refractivity contribution in [3.63, 3.8) is 0 Å². The maximum absolute atomic E-state index is 6.40. The highest BCUT2D eigenvalue weighted by Crippen LogP contribution is 2.29. The van der Waals surface area contributed by atoms with Crippen molar-refractivity contribution in [3.8, 4) is 0 Å². The topological polar surface area (TPSA) is 15.6 Å². The molecule has 1 heterocycles. The monoisotopic (exact) mass is 332 g/mol. The van der Waals surface area contributed by atoms with Gasteiger partial charge in [0, 0.05) is 35.4 Å². The van der Waals surface area contributed by atoms with Gasteiger partial charge in [-0.25, -0.2) is 0 Å². The third-order valence-corrected chi connectivity index (χ3v) is 4.46. The van der Waals surface area contributed by atoms with Crippen LogP contribution < -0.4 is 4.90 Å². The minimum atomic E-state index is -0.00662. The van der Waals surface area contributed by atoms with Crippen molar-refractivity contribution in [2.45, 2.75) is 12.3 Å². The van der Waals surface area contributed by atoms with Crippen LogP contribution in [0.15, 0.2) is 47.5 Å². The first kappa shape index (κ1) is 15.4. The Kier molecular flexibility index (Phi) is 4.42. The standard InChI is InChI=1S/C18H18Cl2N2/c1-12-5-3-4-6-15(12)18-16-9-13(19)7-8-17(16)22(2)11-14(20)10-21-18/h3-9,14H,10-11H2,1-2H3/b21-18-. The second-order valence-electron chi connectivity index (χ2n) is 5.64. The molecule has 0 N–H and O–H groups in total. The van der Waals surface area contributed by atoms with Crippen LogP contribution in [0.25, 0.3) is 0 Å². The molecule has 1 aliphatic rings. The lowest BCUT2D eigenvalue weighted by Crippen LogP contribution is -2.31. The zero-order valence-electron chi connectivity index (χ0n) is 12.7. The van der Waals surface area contributed by atoms with Gasteiger partial charge >= 0.3 is 0 Å². The van der Waals surface area contributed by atoms with Gasteiger partial charge in [0.05, 0.1) is 17.6 Å². The summed E-state index contributed by atoms with van der Waals surface area (Å²) in [5, 5.41) is 0.712. The van der Waals surface area contributed by atoms with Crippen LogP contribution in [-0.2, 0) is 0 Å². The summed E-state index contributed by atoms with van der Waals surface area (Å²) < 4.78 is 0. The fourth-order valence-electron chi connectivity index (χ4n) is 2.83. The summed E-state index contributed by atoms with van der Waals surface area (Å²) in [4.78, 5) is 6.99. The Morgan fingerprint density at radius 3 is 2.68 bits per heavy atom. The predicted molar refractivity (Wildman–Crippen MR) is 96.0 cm³/mol. The lowest BCUT2D eigenvalue weighted by molar-refractivity contribution is 0.798. The van der Waals surface area contributed by atoms with Crippen molar-refractivity contribution in [2.75, 3.05) is 25.0 Å². The summed E-state index contributed by atoms with van der Waals surface area (Å²) in [7, 11) is 2.06. The molecule has 0 bridgehead atoms. The summed E-state index contributed by atoms with van der Waals surface area (Å²) in [6, 6.07) is 14.2. The van der Waals surface area contributed by atoms with Crippen molar-refractivity contribution in [2.24, 2.45) is 4.99 Å². The highest BCUT2D eigenvalue weighted by Gasteiger charge is 2.21. The van der Waals surface area contributed by atoms with Crippen molar-refractivity contribution in [1.82, 2.24) is 0 Å². The Morgan fingerprint density at radius 2 is 1.91 bits per heavy atom. The number of alkyl halides is 1. The Balaban J connectivity index is 2.23. The van der Waals surface area contributed by atoms with E-state index >= 15 is 0 Å². The Hall–Kier alpha value is -1.51. The largest absolute Gasteiger partial charge is 0.372 e. The number of hydrogen-bond donors (Lipinski definition) is 0. The molecule has 0 saturated heterocycles. The molecule has 114 valence electrons. The molecule has 4 heteroatoms. The molecule has 2 nitrogen and oxygen atoms in total. The number of rotatable bonds is 1. The predicted octanol–water partition coefficient (Wildman–Crippen LogP) is 4.54. The molecule has 0 aliphatic carbocycles. The van der Waals surface area contributed by atoms with Gasteiger partial charge in [-0.05, 0) is 30.7 Å². The molecular weight excluding hydrogens is 315 g/mol. The van der Waals surface area contributed by atoms with Gasteiger partial charge in [0.2, 0.25) is 0 Å². The summed E-state index contributed by atoms with van der Waals surface area (Å²) in [5.41, 5.74) is 5.46. The highest BCUT2D eigenvalue weighted by atomic mass is 35.5. The normalized spacial score (nSPS) is 20.6. The molecule has 1 unspecified atom stereocenters. The summed E-state index contributed by atoms with van der Waals surface area (Å²) in [6.45, 7) is 3.46. The SMILES string of the molecule is Cc1ccccc1/C1=N/CC(Cl)CN(C)c2ccc(Cl)cc21. The molecule has 0 amide bonds. The number of hydrogen-bond acceptors (Lipinski definition) is 2. The van der Waals surface area contributed by atoms with Crippen LogP contribution in [0, 0.1) is 6.92 Å². The van der Waals surface area contributed by atoms with E-state index in [0.717, 1.165) is 34.1 Å². The number of fused-ring (bicyclic) bond motifs is 1. The van der Waals surface area contributed by atoms with Crippen LogP contribution in [0.4, 0.5) is 5.69 Å². The molecule has 1 atom stereocenters. The number of aryl methyl sites for hydroxylation is 1. The zero-order chi connectivity index (χ0) is 15.7. The number of halogens is 2. The van der Waals surface area contributed by atoms with Crippen LogP contribution in [0.1, 0.15) is 16.7 Å². The average molecular weight is 333 g/mol. The second-order valence-corrected chi connectivity index (χ2v) is 6.70. The van der Waals surface area contributed by atoms with Gasteiger partial charge in [-0.1, -0.05) is 35.9 Å². The first-order chi connectivity index (χ1) is 10.6. The fourth-order valence-corrected chi connectivity index (χ4v) is 3.28. The first-order valence-corrected chi connectivity index (χ1v) is 8.13. The summed E-state index contributed by atoms with van der Waals surface area (Å²) >= 11 is 12.6. The molecule has 0 aromatic heterocycles. The Labute approximate surface area is 141 Å². The van der Waals surface area contributed by atoms with Crippen LogP contribution >= 0.6 is 23.2 Å². The molecular formula is C18H18Cl2N2. The number of anilines is 1. The van der Waals surface area contributed by atoms with Gasteiger partial charge in [-0.3, -0.25) is 4.99 Å². The van der Waals surface area contributed by atoms with E-state index in [1.54, 1.807) is 0 Å². The second kappa shape index (κ2) is 6.31. The van der Waals surface area contributed by atoms with E-state index in [2.05, 4.69) is 31.0 Å². The molecule has 0 fully saturated rings. The molecule has 2 aromatic rings. The lowest BCUT2D eigenvalue weighted by atomic mass is 9.96. The zero-order valence-corrected chi connectivity index (χ0v) is 14.2. The number of benzene rings is 2. The van der Waals surface area contributed by atoms with Crippen molar-refractivity contribution in [1.29, 1.82) is 0 Å². The van der Waals surface area contributed by atoms with Crippen LogP contribution in [-0.4, -0.2) is 31.2 Å². The van der Waals surface area contributed by atoms with Crippen LogP contribution in [0.5, 0.6) is 0 Å². The fraction of sp³-hybridized carbons (Fsp3) is 0.278. The Morgan fingerprint density at radius 1 is 1.14 bits per heavy atom. The maximum Gasteiger partial charge on any atom is 0.0743 e. The molecule has 3 rings (SSSR count). The Bertz CT molecular complexity index is 725. The molecule has 2 aromatic carbocycles. The minimum absolute atomic E-state index is 0.00662. The lowest BCUT2D eigenvalue weighted by Gasteiger charge is -2.28. The van der Waals surface area contributed by atoms with Gasteiger partial charge in [0.25, 0.3) is 0 Å². The third kappa shape index (κ3) is 2.99. The smallest absolute Gasteiger partial charge is 0.0743 e. The minimum Gasteiger partial charge on any atom is -0.372 e. The number of aliphatic imine (C=N–C) groups is 1. The van der Waals surface area contributed by atoms with Gasteiger partial charge in [0.15, 0.2) is 0 Å². The van der Waals surface area contributed by atoms with Gasteiger partial charge in [0.1, 0.15) is 0 Å². The van der Waals surface area contributed by atoms with E-state index in [9.17, 15) is 0 Å². The van der Waals surface area contributed by atoms with Gasteiger partial charge < -0.3 is 4.90 Å². The van der Waals surface area contributed by atoms with E-state index in [1.165, 1.54) is 5.56 Å². The highest BCUT2D eigenvalue weighted by molar-refractivity contribution is 6.31. The van der Waals surface area contributed by atoms with Gasteiger partial charge in [-0.2, -0.15) is 0 Å². The van der Waals surface area contributed by atoms with E-state index < -0.39 is 0 Å². The van der Waals surface area contributed by atoms with Crippen molar-refractivity contribution in [3.05, 3.63) is 64.2 Å². The van der Waals surface area contributed by atoms with Crippen LogP contribution in [0.3, 0.4) is 0 Å². The van der Waals surface area contributed by atoms with Crippen molar-refractivity contribution < 1.29 is 0 Å².